The van der Waals surface area contributed by atoms with Crippen molar-refractivity contribution in [2.45, 2.75) is 31.3 Å². The Labute approximate surface area is 82.9 Å². The van der Waals surface area contributed by atoms with E-state index in [-0.39, 0.29) is 11.8 Å². The smallest absolute Gasteiger partial charge is 0.254 e. The van der Waals surface area contributed by atoms with Crippen molar-refractivity contribution in [1.29, 1.82) is 0 Å². The zero-order valence-corrected chi connectivity index (χ0v) is 8.11. The van der Waals surface area contributed by atoms with E-state index in [2.05, 4.69) is 0 Å². The fourth-order valence-electron chi connectivity index (χ4n) is 1.87. The van der Waals surface area contributed by atoms with Crippen molar-refractivity contribution in [3.05, 3.63) is 0 Å². The molecule has 2 aliphatic rings. The Bertz CT molecular complexity index is 252. The molecule has 2 fully saturated rings. The van der Waals surface area contributed by atoms with Crippen LogP contribution in [0.15, 0.2) is 0 Å². The molecule has 4 nitrogen and oxygen atoms in total. The highest BCUT2D eigenvalue weighted by Gasteiger charge is 2.50. The molecule has 0 radical (unpaired) electrons. The zero-order chi connectivity index (χ0) is 10.2. The van der Waals surface area contributed by atoms with Crippen LogP contribution in [0.25, 0.3) is 0 Å². The highest BCUT2D eigenvalue weighted by Crippen LogP contribution is 2.37. The lowest BCUT2D eigenvalue weighted by Gasteiger charge is -2.31. The second kappa shape index (κ2) is 3.35. The van der Waals surface area contributed by atoms with Crippen molar-refractivity contribution in [3.8, 4) is 0 Å². The standard InChI is InChI=1S/C10H15NO3/c12-7-8-1-5-11(6-2-8)9(13)10(14)3-4-10/h7-8,14H,1-6H2. The van der Waals surface area contributed by atoms with Gasteiger partial charge in [-0.05, 0) is 25.7 Å². The molecule has 14 heavy (non-hydrogen) atoms. The Morgan fingerprint density at radius 2 is 1.93 bits per heavy atom. The molecule has 0 aromatic carbocycles. The van der Waals surface area contributed by atoms with Crippen molar-refractivity contribution < 1.29 is 14.7 Å². The molecule has 0 atom stereocenters. The molecule has 0 bridgehead atoms. The second-order valence-corrected chi connectivity index (χ2v) is 4.30. The van der Waals surface area contributed by atoms with Crippen LogP contribution in [0.1, 0.15) is 25.7 Å². The van der Waals surface area contributed by atoms with Crippen molar-refractivity contribution in [2.75, 3.05) is 13.1 Å². The Hall–Kier alpha value is -0.900. The van der Waals surface area contributed by atoms with Gasteiger partial charge in [0.25, 0.3) is 5.91 Å². The third-order valence-corrected chi connectivity index (χ3v) is 3.14. The fraction of sp³-hybridized carbons (Fsp3) is 0.800. The first-order valence-corrected chi connectivity index (χ1v) is 5.13. The second-order valence-electron chi connectivity index (χ2n) is 4.30. The summed E-state index contributed by atoms with van der Waals surface area (Å²) in [4.78, 5) is 23.8. The monoisotopic (exact) mass is 197 g/mol. The minimum Gasteiger partial charge on any atom is -0.380 e. The van der Waals surface area contributed by atoms with Crippen LogP contribution in [0.3, 0.4) is 0 Å². The average molecular weight is 197 g/mol. The minimum atomic E-state index is -1.05. The van der Waals surface area contributed by atoms with Crippen LogP contribution in [0.2, 0.25) is 0 Å². The molecule has 4 heteroatoms. The normalized spacial score (nSPS) is 25.9. The van der Waals surface area contributed by atoms with E-state index in [0.29, 0.717) is 25.9 Å². The van der Waals surface area contributed by atoms with Gasteiger partial charge in [-0.3, -0.25) is 4.79 Å². The summed E-state index contributed by atoms with van der Waals surface area (Å²) in [5.41, 5.74) is -1.05. The van der Waals surface area contributed by atoms with Crippen LogP contribution in [0, 0.1) is 5.92 Å². The van der Waals surface area contributed by atoms with Crippen molar-refractivity contribution >= 4 is 12.2 Å². The summed E-state index contributed by atoms with van der Waals surface area (Å²) in [7, 11) is 0. The predicted molar refractivity (Wildman–Crippen MR) is 49.6 cm³/mol. The van der Waals surface area contributed by atoms with Gasteiger partial charge < -0.3 is 14.8 Å². The maximum Gasteiger partial charge on any atom is 0.254 e. The number of aldehydes is 1. The largest absolute Gasteiger partial charge is 0.380 e. The van der Waals surface area contributed by atoms with Crippen LogP contribution in [0.4, 0.5) is 0 Å². The number of hydrogen-bond donors (Lipinski definition) is 1. The van der Waals surface area contributed by atoms with E-state index in [4.69, 9.17) is 0 Å². The molecule has 1 N–H and O–H groups in total. The van der Waals surface area contributed by atoms with Crippen molar-refractivity contribution in [3.63, 3.8) is 0 Å². The molecule has 0 aromatic heterocycles. The molecule has 0 unspecified atom stereocenters. The fourth-order valence-corrected chi connectivity index (χ4v) is 1.87. The molecule has 2 rings (SSSR count). The van der Waals surface area contributed by atoms with Gasteiger partial charge in [0.1, 0.15) is 11.9 Å². The number of carbonyl (C=O) groups is 2. The molecule has 1 aliphatic carbocycles. The van der Waals surface area contributed by atoms with E-state index in [1.54, 1.807) is 4.90 Å². The molecule has 0 aromatic rings. The summed E-state index contributed by atoms with van der Waals surface area (Å²) in [6, 6.07) is 0. The minimum absolute atomic E-state index is 0.105. The molecule has 1 amide bonds. The third kappa shape index (κ3) is 1.66. The average Bonchev–Trinajstić information content (AvgIpc) is 2.97. The number of piperidine rings is 1. The Balaban J connectivity index is 1.89. The van der Waals surface area contributed by atoms with Crippen LogP contribution in [-0.4, -0.2) is 40.9 Å². The summed E-state index contributed by atoms with van der Waals surface area (Å²) in [6.07, 6.45) is 3.64. The lowest BCUT2D eigenvalue weighted by atomic mass is 9.98. The number of amides is 1. The van der Waals surface area contributed by atoms with Crippen molar-refractivity contribution in [1.82, 2.24) is 4.90 Å². The van der Waals surface area contributed by atoms with Crippen LogP contribution in [-0.2, 0) is 9.59 Å². The first-order chi connectivity index (χ1) is 6.65. The van der Waals surface area contributed by atoms with E-state index in [1.807, 2.05) is 0 Å². The number of likely N-dealkylation sites (tertiary alicyclic amines) is 1. The van der Waals surface area contributed by atoms with Crippen LogP contribution < -0.4 is 0 Å². The topological polar surface area (TPSA) is 57.6 Å². The van der Waals surface area contributed by atoms with Gasteiger partial charge >= 0.3 is 0 Å². The molecule has 78 valence electrons. The van der Waals surface area contributed by atoms with E-state index in [1.165, 1.54) is 0 Å². The quantitative estimate of drug-likeness (QED) is 0.631. The summed E-state index contributed by atoms with van der Waals surface area (Å²) in [5, 5.41) is 9.61. The SMILES string of the molecule is O=CC1CCN(C(=O)C2(O)CC2)CC1. The number of rotatable bonds is 2. The number of carbonyl (C=O) groups excluding carboxylic acids is 2. The highest BCUT2D eigenvalue weighted by atomic mass is 16.3. The number of aliphatic hydroxyl groups is 1. The lowest BCUT2D eigenvalue weighted by Crippen LogP contribution is -2.45. The van der Waals surface area contributed by atoms with Crippen LogP contribution >= 0.6 is 0 Å². The van der Waals surface area contributed by atoms with Gasteiger partial charge in [0.05, 0.1) is 0 Å². The van der Waals surface area contributed by atoms with Crippen molar-refractivity contribution in [2.24, 2.45) is 5.92 Å². The van der Waals surface area contributed by atoms with Gasteiger partial charge in [-0.25, -0.2) is 0 Å². The lowest BCUT2D eigenvalue weighted by molar-refractivity contribution is -0.144. The van der Waals surface area contributed by atoms with E-state index in [0.717, 1.165) is 19.1 Å². The maximum atomic E-state index is 11.7. The molecule has 1 aliphatic heterocycles. The first kappa shape index (κ1) is 9.65. The summed E-state index contributed by atoms with van der Waals surface area (Å²) >= 11 is 0. The Morgan fingerprint density at radius 1 is 1.36 bits per heavy atom. The van der Waals surface area contributed by atoms with Gasteiger partial charge in [-0.15, -0.1) is 0 Å². The van der Waals surface area contributed by atoms with Gasteiger partial charge in [0.2, 0.25) is 0 Å². The molecule has 0 spiro atoms. The number of hydrogen-bond acceptors (Lipinski definition) is 3. The molecular formula is C10H15NO3. The maximum absolute atomic E-state index is 11.7. The Kier molecular flexibility index (Phi) is 2.31. The summed E-state index contributed by atoms with van der Waals surface area (Å²) in [6.45, 7) is 1.23. The van der Waals surface area contributed by atoms with Gasteiger partial charge in [-0.1, -0.05) is 0 Å². The van der Waals surface area contributed by atoms with E-state index in [9.17, 15) is 14.7 Å². The highest BCUT2D eigenvalue weighted by molar-refractivity contribution is 5.87. The Morgan fingerprint density at radius 3 is 2.36 bits per heavy atom. The van der Waals surface area contributed by atoms with E-state index >= 15 is 0 Å². The third-order valence-electron chi connectivity index (χ3n) is 3.14. The van der Waals surface area contributed by atoms with E-state index < -0.39 is 5.60 Å². The number of nitrogens with zero attached hydrogens (tertiary/aromatic N) is 1. The van der Waals surface area contributed by atoms with Crippen LogP contribution in [0.5, 0.6) is 0 Å². The summed E-state index contributed by atoms with van der Waals surface area (Å²) < 4.78 is 0. The summed E-state index contributed by atoms with van der Waals surface area (Å²) in [5.74, 6) is -0.0326. The van der Waals surface area contributed by atoms with Gasteiger partial charge in [0.15, 0.2) is 0 Å². The van der Waals surface area contributed by atoms with Gasteiger partial charge in [0, 0.05) is 19.0 Å². The first-order valence-electron chi connectivity index (χ1n) is 5.13. The molecular weight excluding hydrogens is 182 g/mol. The predicted octanol–water partition coefficient (Wildman–Crippen LogP) is -0.0512. The molecule has 1 saturated heterocycles. The molecule has 1 heterocycles. The van der Waals surface area contributed by atoms with Gasteiger partial charge in [-0.2, -0.15) is 0 Å². The zero-order valence-electron chi connectivity index (χ0n) is 8.11. The molecule has 1 saturated carbocycles.